The van der Waals surface area contributed by atoms with Gasteiger partial charge >= 0.3 is 12.4 Å². The van der Waals surface area contributed by atoms with Crippen molar-refractivity contribution in [2.75, 3.05) is 13.7 Å². The lowest BCUT2D eigenvalue weighted by molar-refractivity contribution is -0.143. The number of nitrogens with one attached hydrogen (secondary N) is 1. The molecule has 0 fully saturated rings. The Labute approximate surface area is 220 Å². The summed E-state index contributed by atoms with van der Waals surface area (Å²) in [6, 6.07) is 14.8. The molecule has 1 amide bonds. The van der Waals surface area contributed by atoms with Crippen molar-refractivity contribution in [2.24, 2.45) is 0 Å². The Bertz CT molecular complexity index is 1390. The predicted molar refractivity (Wildman–Crippen MR) is 133 cm³/mol. The lowest BCUT2D eigenvalue weighted by Gasteiger charge is -2.15. The van der Waals surface area contributed by atoms with Gasteiger partial charge < -0.3 is 10.1 Å². The number of carbonyl (C=O) groups excluding carboxylic acids is 1. The van der Waals surface area contributed by atoms with E-state index in [1.807, 2.05) is 24.3 Å². The Morgan fingerprint density at radius 2 is 1.49 bits per heavy atom. The average molecular weight is 547 g/mol. The standard InChI is InChI=1S/C28H23F6N3O2/c1-39-24-10-4-18(5-11-24)3-2-12-36-26(38)25-16-35-17-37(25)23-8-6-19(7-9-23)20-13-21(27(29,30)31)15-22(14-20)28(32,33)34/h4-11,13-17H,2-3,12H2,1H3,(H,36,38). The first-order valence-corrected chi connectivity index (χ1v) is 11.8. The highest BCUT2D eigenvalue weighted by atomic mass is 19.4. The van der Waals surface area contributed by atoms with Gasteiger partial charge in [0.05, 0.1) is 30.8 Å². The van der Waals surface area contributed by atoms with E-state index in [4.69, 9.17) is 4.74 Å². The lowest BCUT2D eigenvalue weighted by atomic mass is 9.99. The van der Waals surface area contributed by atoms with Gasteiger partial charge in [0.1, 0.15) is 11.4 Å². The molecule has 1 heterocycles. The fourth-order valence-corrected chi connectivity index (χ4v) is 3.98. The quantitative estimate of drug-likeness (QED) is 0.192. The molecular formula is C28H23F6N3O2. The molecule has 1 N–H and O–H groups in total. The second-order valence-electron chi connectivity index (χ2n) is 8.70. The largest absolute Gasteiger partial charge is 0.497 e. The van der Waals surface area contributed by atoms with E-state index < -0.39 is 23.5 Å². The van der Waals surface area contributed by atoms with Crippen LogP contribution in [0.3, 0.4) is 0 Å². The molecule has 0 saturated heterocycles. The van der Waals surface area contributed by atoms with Gasteiger partial charge in [-0.15, -0.1) is 0 Å². The minimum Gasteiger partial charge on any atom is -0.497 e. The van der Waals surface area contributed by atoms with E-state index in [0.717, 1.165) is 17.7 Å². The molecule has 1 aromatic heterocycles. The molecule has 0 aliphatic rings. The van der Waals surface area contributed by atoms with Crippen LogP contribution < -0.4 is 10.1 Å². The molecule has 204 valence electrons. The van der Waals surface area contributed by atoms with Gasteiger partial charge in [0.15, 0.2) is 0 Å². The molecule has 0 atom stereocenters. The number of benzene rings is 3. The molecule has 0 radical (unpaired) electrons. The first-order valence-electron chi connectivity index (χ1n) is 11.8. The van der Waals surface area contributed by atoms with Gasteiger partial charge in [-0.05, 0) is 72.0 Å². The van der Waals surface area contributed by atoms with Crippen LogP contribution in [0.1, 0.15) is 33.6 Å². The molecule has 0 saturated carbocycles. The number of hydrogen-bond donors (Lipinski definition) is 1. The van der Waals surface area contributed by atoms with Crippen molar-refractivity contribution in [1.82, 2.24) is 14.9 Å². The Balaban J connectivity index is 1.46. The van der Waals surface area contributed by atoms with E-state index in [1.165, 1.54) is 41.4 Å². The molecule has 11 heteroatoms. The zero-order valence-corrected chi connectivity index (χ0v) is 20.6. The number of ether oxygens (including phenoxy) is 1. The van der Waals surface area contributed by atoms with Crippen LogP contribution in [-0.2, 0) is 18.8 Å². The first kappa shape index (κ1) is 27.7. The van der Waals surface area contributed by atoms with Gasteiger partial charge in [0, 0.05) is 12.2 Å². The molecule has 5 nitrogen and oxygen atoms in total. The molecule has 3 aromatic carbocycles. The number of nitrogens with zero attached hydrogens (tertiary/aromatic N) is 2. The van der Waals surface area contributed by atoms with Crippen molar-refractivity contribution in [3.05, 3.63) is 102 Å². The molecular weight excluding hydrogens is 524 g/mol. The van der Waals surface area contributed by atoms with E-state index >= 15 is 0 Å². The second-order valence-corrected chi connectivity index (χ2v) is 8.70. The molecule has 0 unspecified atom stereocenters. The molecule has 4 rings (SSSR count). The molecule has 0 aliphatic heterocycles. The van der Waals surface area contributed by atoms with Gasteiger partial charge in [-0.25, -0.2) is 4.98 Å². The molecule has 4 aromatic rings. The fourth-order valence-electron chi connectivity index (χ4n) is 3.98. The summed E-state index contributed by atoms with van der Waals surface area (Å²) in [5, 5.41) is 2.83. The van der Waals surface area contributed by atoms with E-state index in [2.05, 4.69) is 10.3 Å². The lowest BCUT2D eigenvalue weighted by Crippen LogP contribution is -2.26. The summed E-state index contributed by atoms with van der Waals surface area (Å²) in [6.07, 6.45) is -5.68. The number of hydrogen-bond acceptors (Lipinski definition) is 3. The van der Waals surface area contributed by atoms with Crippen LogP contribution >= 0.6 is 0 Å². The third-order valence-corrected chi connectivity index (χ3v) is 6.02. The summed E-state index contributed by atoms with van der Waals surface area (Å²) in [6.45, 7) is 0.409. The van der Waals surface area contributed by atoms with Crippen LogP contribution in [0, 0.1) is 0 Å². The second kappa shape index (κ2) is 11.2. The van der Waals surface area contributed by atoms with Crippen molar-refractivity contribution >= 4 is 5.91 Å². The van der Waals surface area contributed by atoms with Crippen LogP contribution in [0.2, 0.25) is 0 Å². The maximum Gasteiger partial charge on any atom is 0.416 e. The minimum absolute atomic E-state index is 0.0885. The zero-order valence-electron chi connectivity index (χ0n) is 20.6. The Morgan fingerprint density at radius 1 is 0.872 bits per heavy atom. The predicted octanol–water partition coefficient (Wildman–Crippen LogP) is 6.95. The number of carbonyl (C=O) groups is 1. The van der Waals surface area contributed by atoms with Gasteiger partial charge in [-0.3, -0.25) is 9.36 Å². The highest BCUT2D eigenvalue weighted by Gasteiger charge is 2.37. The van der Waals surface area contributed by atoms with E-state index in [-0.39, 0.29) is 28.8 Å². The number of methoxy groups -OCH3 is 1. The third-order valence-electron chi connectivity index (χ3n) is 6.02. The summed E-state index contributed by atoms with van der Waals surface area (Å²) < 4.78 is 86.0. The topological polar surface area (TPSA) is 56.1 Å². The number of halogens is 6. The fraction of sp³-hybridized carbons (Fsp3) is 0.214. The summed E-state index contributed by atoms with van der Waals surface area (Å²) >= 11 is 0. The Hall–Kier alpha value is -4.28. The molecule has 0 spiro atoms. The monoisotopic (exact) mass is 547 g/mol. The Morgan fingerprint density at radius 3 is 2.05 bits per heavy atom. The van der Waals surface area contributed by atoms with Crippen molar-refractivity contribution in [2.45, 2.75) is 25.2 Å². The smallest absolute Gasteiger partial charge is 0.416 e. The zero-order chi connectivity index (χ0) is 28.2. The SMILES string of the molecule is COc1ccc(CCCNC(=O)c2cncn2-c2ccc(-c3cc(C(F)(F)F)cc(C(F)(F)F)c3)cc2)cc1. The van der Waals surface area contributed by atoms with E-state index in [9.17, 15) is 31.1 Å². The van der Waals surface area contributed by atoms with Crippen molar-refractivity contribution < 1.29 is 35.9 Å². The summed E-state index contributed by atoms with van der Waals surface area (Å²) in [5.74, 6) is 0.383. The molecule has 39 heavy (non-hydrogen) atoms. The highest BCUT2D eigenvalue weighted by molar-refractivity contribution is 5.93. The number of rotatable bonds is 8. The average Bonchev–Trinajstić information content (AvgIpc) is 3.40. The number of alkyl halides is 6. The van der Waals surface area contributed by atoms with Crippen molar-refractivity contribution in [1.29, 1.82) is 0 Å². The van der Waals surface area contributed by atoms with Crippen molar-refractivity contribution in [3.63, 3.8) is 0 Å². The summed E-state index contributed by atoms with van der Waals surface area (Å²) in [5.41, 5.74) is -1.08. The number of amides is 1. The molecule has 0 bridgehead atoms. The number of imidazole rings is 1. The number of aromatic nitrogens is 2. The molecule has 0 aliphatic carbocycles. The van der Waals surface area contributed by atoms with Crippen LogP contribution in [0.15, 0.2) is 79.3 Å². The van der Waals surface area contributed by atoms with E-state index in [0.29, 0.717) is 30.8 Å². The van der Waals surface area contributed by atoms with Gasteiger partial charge in [-0.2, -0.15) is 26.3 Å². The van der Waals surface area contributed by atoms with Crippen LogP contribution in [0.5, 0.6) is 5.75 Å². The first-order chi connectivity index (χ1) is 18.5. The van der Waals surface area contributed by atoms with Gasteiger partial charge in [-0.1, -0.05) is 24.3 Å². The normalized spacial score (nSPS) is 11.9. The summed E-state index contributed by atoms with van der Waals surface area (Å²) in [7, 11) is 1.59. The maximum absolute atomic E-state index is 13.2. The summed E-state index contributed by atoms with van der Waals surface area (Å²) in [4.78, 5) is 16.8. The minimum atomic E-state index is -4.94. The van der Waals surface area contributed by atoms with E-state index in [1.54, 1.807) is 7.11 Å². The van der Waals surface area contributed by atoms with Crippen LogP contribution in [0.25, 0.3) is 16.8 Å². The van der Waals surface area contributed by atoms with Gasteiger partial charge in [0.2, 0.25) is 0 Å². The number of aryl methyl sites for hydroxylation is 1. The Kier molecular flexibility index (Phi) is 7.98. The van der Waals surface area contributed by atoms with Crippen LogP contribution in [0.4, 0.5) is 26.3 Å². The maximum atomic E-state index is 13.2. The van der Waals surface area contributed by atoms with Crippen molar-refractivity contribution in [3.8, 4) is 22.6 Å². The highest BCUT2D eigenvalue weighted by Crippen LogP contribution is 2.38. The van der Waals surface area contributed by atoms with Crippen LogP contribution in [-0.4, -0.2) is 29.1 Å². The van der Waals surface area contributed by atoms with Gasteiger partial charge in [0.25, 0.3) is 5.91 Å². The third kappa shape index (κ3) is 6.78.